The van der Waals surface area contributed by atoms with E-state index in [1.54, 1.807) is 12.1 Å². The number of benzene rings is 1. The lowest BCUT2D eigenvalue weighted by Crippen LogP contribution is -2.32. The Labute approximate surface area is 152 Å². The molecule has 0 saturated carbocycles. The summed E-state index contributed by atoms with van der Waals surface area (Å²) < 4.78 is 13.0. The van der Waals surface area contributed by atoms with Crippen molar-refractivity contribution in [1.29, 1.82) is 0 Å². The molecule has 2 heterocycles. The molecule has 0 aliphatic carbocycles. The van der Waals surface area contributed by atoms with Crippen LogP contribution in [0.2, 0.25) is 0 Å². The highest BCUT2D eigenvalue weighted by Crippen LogP contribution is 2.31. The summed E-state index contributed by atoms with van der Waals surface area (Å²) in [6, 6.07) is 11.7. The number of carbonyl (C=O) groups excluding carboxylic acids is 2. The predicted molar refractivity (Wildman–Crippen MR) is 95.5 cm³/mol. The molecular formula is C20H22FN3O2. The van der Waals surface area contributed by atoms with Crippen molar-refractivity contribution in [3.63, 3.8) is 0 Å². The van der Waals surface area contributed by atoms with Gasteiger partial charge in [0.1, 0.15) is 5.82 Å². The van der Waals surface area contributed by atoms with Crippen LogP contribution in [-0.4, -0.2) is 28.2 Å². The largest absolute Gasteiger partial charge is 0.351 e. The molecule has 5 nitrogen and oxygen atoms in total. The molecule has 1 aromatic carbocycles. The fourth-order valence-corrected chi connectivity index (χ4v) is 3.25. The third-order valence-corrected chi connectivity index (χ3v) is 4.53. The molecule has 0 radical (unpaired) electrons. The Morgan fingerprint density at radius 3 is 2.73 bits per heavy atom. The van der Waals surface area contributed by atoms with Gasteiger partial charge in [-0.05, 0) is 42.7 Å². The Balaban J connectivity index is 1.71. The number of nitrogens with one attached hydrogen (secondary N) is 1. The van der Waals surface area contributed by atoms with Gasteiger partial charge in [-0.1, -0.05) is 18.2 Å². The first-order valence-corrected chi connectivity index (χ1v) is 8.77. The second kappa shape index (κ2) is 8.08. The summed E-state index contributed by atoms with van der Waals surface area (Å²) in [5.74, 6) is -0.386. The van der Waals surface area contributed by atoms with Crippen LogP contribution in [0.25, 0.3) is 0 Å². The van der Waals surface area contributed by atoms with Crippen molar-refractivity contribution in [2.75, 3.05) is 6.54 Å². The minimum absolute atomic E-state index is 0.0215. The van der Waals surface area contributed by atoms with Crippen molar-refractivity contribution in [3.05, 3.63) is 65.2 Å². The first kappa shape index (κ1) is 18.0. The van der Waals surface area contributed by atoms with E-state index in [-0.39, 0.29) is 30.1 Å². The van der Waals surface area contributed by atoms with E-state index in [1.807, 2.05) is 23.1 Å². The third-order valence-electron chi connectivity index (χ3n) is 4.53. The zero-order chi connectivity index (χ0) is 18.5. The molecule has 2 aromatic rings. The lowest BCUT2D eigenvalue weighted by atomic mass is 10.1. The smallest absolute Gasteiger partial charge is 0.227 e. The highest BCUT2D eigenvalue weighted by molar-refractivity contribution is 5.79. The van der Waals surface area contributed by atoms with E-state index in [9.17, 15) is 14.0 Å². The number of likely N-dealkylation sites (tertiary alicyclic amines) is 1. The molecule has 1 aromatic heterocycles. The number of nitrogens with zero attached hydrogens (tertiary/aromatic N) is 2. The third kappa shape index (κ3) is 4.45. The van der Waals surface area contributed by atoms with E-state index in [4.69, 9.17) is 0 Å². The van der Waals surface area contributed by atoms with Crippen LogP contribution in [0.5, 0.6) is 0 Å². The van der Waals surface area contributed by atoms with E-state index < -0.39 is 0 Å². The summed E-state index contributed by atoms with van der Waals surface area (Å²) in [6.45, 7) is 2.54. The zero-order valence-electron chi connectivity index (χ0n) is 14.7. The lowest BCUT2D eigenvalue weighted by molar-refractivity contribution is -0.131. The maximum atomic E-state index is 13.0. The van der Waals surface area contributed by atoms with Gasteiger partial charge in [-0.3, -0.25) is 14.6 Å². The molecule has 1 atom stereocenters. The summed E-state index contributed by atoms with van der Waals surface area (Å²) in [4.78, 5) is 30.3. The van der Waals surface area contributed by atoms with Crippen LogP contribution in [0.1, 0.15) is 42.8 Å². The van der Waals surface area contributed by atoms with Gasteiger partial charge in [0.25, 0.3) is 0 Å². The number of pyridine rings is 1. The lowest BCUT2D eigenvalue weighted by Gasteiger charge is -2.25. The SMILES string of the molecule is CC(=O)NCc1cccc([C@@H]2CCCN2C(=O)Cc2ccc(F)cc2)n1. The maximum absolute atomic E-state index is 13.0. The van der Waals surface area contributed by atoms with Crippen LogP contribution in [0.4, 0.5) is 4.39 Å². The summed E-state index contributed by atoms with van der Waals surface area (Å²) in [5, 5.41) is 2.74. The predicted octanol–water partition coefficient (Wildman–Crippen LogP) is 2.76. The molecule has 1 N–H and O–H groups in total. The fourth-order valence-electron chi connectivity index (χ4n) is 3.25. The molecule has 1 aliphatic rings. The molecule has 0 bridgehead atoms. The number of aromatic nitrogens is 1. The summed E-state index contributed by atoms with van der Waals surface area (Å²) in [5.41, 5.74) is 2.42. The van der Waals surface area contributed by atoms with Crippen molar-refractivity contribution >= 4 is 11.8 Å². The summed E-state index contributed by atoms with van der Waals surface area (Å²) >= 11 is 0. The van der Waals surface area contributed by atoms with Gasteiger partial charge in [0.15, 0.2) is 0 Å². The van der Waals surface area contributed by atoms with Crippen LogP contribution in [0.3, 0.4) is 0 Å². The molecule has 3 rings (SSSR count). The van der Waals surface area contributed by atoms with Crippen LogP contribution in [0.15, 0.2) is 42.5 Å². The highest BCUT2D eigenvalue weighted by atomic mass is 19.1. The number of rotatable bonds is 5. The maximum Gasteiger partial charge on any atom is 0.227 e. The van der Waals surface area contributed by atoms with E-state index in [2.05, 4.69) is 10.3 Å². The van der Waals surface area contributed by atoms with Crippen molar-refractivity contribution in [3.8, 4) is 0 Å². The number of hydrogen-bond donors (Lipinski definition) is 1. The summed E-state index contributed by atoms with van der Waals surface area (Å²) in [7, 11) is 0. The summed E-state index contributed by atoms with van der Waals surface area (Å²) in [6.07, 6.45) is 2.05. The molecule has 26 heavy (non-hydrogen) atoms. The molecule has 1 fully saturated rings. The molecule has 136 valence electrons. The van der Waals surface area contributed by atoms with Crippen molar-refractivity contribution in [1.82, 2.24) is 15.2 Å². The van der Waals surface area contributed by atoms with Crippen molar-refractivity contribution < 1.29 is 14.0 Å². The van der Waals surface area contributed by atoms with Gasteiger partial charge in [0.2, 0.25) is 11.8 Å². The Morgan fingerprint density at radius 2 is 2.00 bits per heavy atom. The Bertz CT molecular complexity index is 792. The minimum atomic E-state index is -0.305. The van der Waals surface area contributed by atoms with E-state index in [1.165, 1.54) is 19.1 Å². The normalized spacial score (nSPS) is 16.5. The molecule has 6 heteroatoms. The van der Waals surface area contributed by atoms with Crippen LogP contribution in [0, 0.1) is 5.82 Å². The standard InChI is InChI=1S/C20H22FN3O2/c1-14(25)22-13-17-4-2-5-18(23-17)19-6-3-11-24(19)20(26)12-15-7-9-16(21)10-8-15/h2,4-5,7-10,19H,3,6,11-13H2,1H3,(H,22,25)/t19-/m0/s1. The van der Waals surface area contributed by atoms with E-state index >= 15 is 0 Å². The first-order chi connectivity index (χ1) is 12.5. The number of hydrogen-bond acceptors (Lipinski definition) is 3. The average Bonchev–Trinajstić information content (AvgIpc) is 3.12. The highest BCUT2D eigenvalue weighted by Gasteiger charge is 2.30. The van der Waals surface area contributed by atoms with Gasteiger partial charge >= 0.3 is 0 Å². The van der Waals surface area contributed by atoms with Gasteiger partial charge < -0.3 is 10.2 Å². The quantitative estimate of drug-likeness (QED) is 0.897. The molecule has 2 amide bonds. The molecule has 1 saturated heterocycles. The molecule has 1 aliphatic heterocycles. The van der Waals surface area contributed by atoms with Gasteiger partial charge in [-0.2, -0.15) is 0 Å². The van der Waals surface area contributed by atoms with Gasteiger partial charge in [-0.25, -0.2) is 4.39 Å². The van der Waals surface area contributed by atoms with Gasteiger partial charge in [0, 0.05) is 13.5 Å². The Hall–Kier alpha value is -2.76. The van der Waals surface area contributed by atoms with Crippen molar-refractivity contribution in [2.45, 2.75) is 38.8 Å². The zero-order valence-corrected chi connectivity index (χ0v) is 14.7. The number of amides is 2. The van der Waals surface area contributed by atoms with Crippen molar-refractivity contribution in [2.24, 2.45) is 0 Å². The molecule has 0 spiro atoms. The monoisotopic (exact) mass is 355 g/mol. The number of halogens is 1. The van der Waals surface area contributed by atoms with Crippen LogP contribution >= 0.6 is 0 Å². The fraction of sp³-hybridized carbons (Fsp3) is 0.350. The molecule has 0 unspecified atom stereocenters. The Morgan fingerprint density at radius 1 is 1.23 bits per heavy atom. The van der Waals surface area contributed by atoms with Crippen LogP contribution < -0.4 is 5.32 Å². The Kier molecular flexibility index (Phi) is 5.61. The second-order valence-corrected chi connectivity index (χ2v) is 6.51. The second-order valence-electron chi connectivity index (χ2n) is 6.51. The van der Waals surface area contributed by atoms with Gasteiger partial charge in [-0.15, -0.1) is 0 Å². The average molecular weight is 355 g/mol. The topological polar surface area (TPSA) is 62.3 Å². The number of carbonyl (C=O) groups is 2. The first-order valence-electron chi connectivity index (χ1n) is 8.77. The van der Waals surface area contributed by atoms with Gasteiger partial charge in [0.05, 0.1) is 30.4 Å². The minimum Gasteiger partial charge on any atom is -0.351 e. The van der Waals surface area contributed by atoms with Crippen LogP contribution in [-0.2, 0) is 22.6 Å². The van der Waals surface area contributed by atoms with E-state index in [0.29, 0.717) is 13.1 Å². The van der Waals surface area contributed by atoms with E-state index in [0.717, 1.165) is 29.8 Å². The molecular weight excluding hydrogens is 333 g/mol.